The summed E-state index contributed by atoms with van der Waals surface area (Å²) in [5.74, 6) is -1.30. The molecule has 4 rings (SSSR count). The van der Waals surface area contributed by atoms with E-state index in [2.05, 4.69) is 9.97 Å². The van der Waals surface area contributed by atoms with Crippen molar-refractivity contribution in [3.63, 3.8) is 0 Å². The monoisotopic (exact) mass is 349 g/mol. The number of carbonyl (C=O) groups is 1. The summed E-state index contributed by atoms with van der Waals surface area (Å²) in [6, 6.07) is 12.6. The molecule has 7 heteroatoms. The molecular formula is C19H15N3O4. The van der Waals surface area contributed by atoms with Crippen LogP contribution in [0.5, 0.6) is 0 Å². The third-order valence-electron chi connectivity index (χ3n) is 4.33. The minimum absolute atomic E-state index is 0.349. The van der Waals surface area contributed by atoms with Crippen LogP contribution in [-0.2, 0) is 6.54 Å². The summed E-state index contributed by atoms with van der Waals surface area (Å²) in [4.78, 5) is 32.3. The lowest BCUT2D eigenvalue weighted by Crippen LogP contribution is -2.17. The Labute approximate surface area is 147 Å². The van der Waals surface area contributed by atoms with Crippen molar-refractivity contribution in [2.75, 3.05) is 11.9 Å². The van der Waals surface area contributed by atoms with E-state index < -0.39 is 11.6 Å². The maximum atomic E-state index is 11.8. The van der Waals surface area contributed by atoms with Gasteiger partial charge in [-0.3, -0.25) is 0 Å². The first-order valence-corrected chi connectivity index (χ1v) is 7.96. The first kappa shape index (κ1) is 15.9. The first-order valence-electron chi connectivity index (χ1n) is 7.96. The molecule has 0 spiro atoms. The Morgan fingerprint density at radius 2 is 2.12 bits per heavy atom. The number of para-hydroxylation sites is 1. The molecule has 4 aromatic rings. The van der Waals surface area contributed by atoms with Crippen LogP contribution in [0.15, 0.2) is 58.0 Å². The third-order valence-corrected chi connectivity index (χ3v) is 4.33. The number of nitrogens with one attached hydrogen (secondary N) is 1. The van der Waals surface area contributed by atoms with Gasteiger partial charge in [0.1, 0.15) is 11.1 Å². The molecular weight excluding hydrogens is 334 g/mol. The molecule has 0 fully saturated rings. The van der Waals surface area contributed by atoms with Gasteiger partial charge < -0.3 is 19.4 Å². The number of aromatic carboxylic acids is 1. The van der Waals surface area contributed by atoms with Crippen LogP contribution in [0, 0.1) is 0 Å². The van der Waals surface area contributed by atoms with Gasteiger partial charge in [0.2, 0.25) is 0 Å². The second-order valence-electron chi connectivity index (χ2n) is 6.05. The number of aromatic amines is 1. The zero-order valence-electron chi connectivity index (χ0n) is 13.9. The molecule has 2 N–H and O–H groups in total. The fourth-order valence-corrected chi connectivity index (χ4v) is 2.99. The van der Waals surface area contributed by atoms with Gasteiger partial charge in [0, 0.05) is 30.7 Å². The fourth-order valence-electron chi connectivity index (χ4n) is 2.99. The van der Waals surface area contributed by atoms with Gasteiger partial charge in [0.05, 0.1) is 17.4 Å². The number of benzene rings is 2. The molecule has 0 atom stereocenters. The molecule has 2 heterocycles. The minimum Gasteiger partial charge on any atom is -0.477 e. The molecule has 0 radical (unpaired) electrons. The molecule has 0 aliphatic carbocycles. The average molecular weight is 349 g/mol. The normalized spacial score (nSPS) is 11.1. The molecule has 2 aromatic carbocycles. The number of anilines is 1. The van der Waals surface area contributed by atoms with Crippen molar-refractivity contribution in [1.29, 1.82) is 0 Å². The SMILES string of the molecule is CN(Cc1cccc2[nH]cnc12)c1ccc2cc(C(=O)O)c(=O)oc2c1. The fraction of sp³-hybridized carbons (Fsp3) is 0.105. The highest BCUT2D eigenvalue weighted by Crippen LogP contribution is 2.24. The van der Waals surface area contributed by atoms with Crippen molar-refractivity contribution in [2.24, 2.45) is 0 Å². The topological polar surface area (TPSA) is 99.4 Å². The minimum atomic E-state index is -1.30. The van der Waals surface area contributed by atoms with Crippen molar-refractivity contribution < 1.29 is 14.3 Å². The number of rotatable bonds is 4. The molecule has 130 valence electrons. The van der Waals surface area contributed by atoms with E-state index in [4.69, 9.17) is 9.52 Å². The van der Waals surface area contributed by atoms with E-state index in [1.165, 1.54) is 6.07 Å². The number of nitrogens with zero attached hydrogens (tertiary/aromatic N) is 2. The van der Waals surface area contributed by atoms with Crippen LogP contribution in [0.1, 0.15) is 15.9 Å². The quantitative estimate of drug-likeness (QED) is 0.550. The van der Waals surface area contributed by atoms with Gasteiger partial charge in [0.15, 0.2) is 0 Å². The van der Waals surface area contributed by atoms with Crippen LogP contribution < -0.4 is 10.5 Å². The van der Waals surface area contributed by atoms with Gasteiger partial charge in [-0.1, -0.05) is 12.1 Å². The molecule has 0 unspecified atom stereocenters. The van der Waals surface area contributed by atoms with Crippen molar-refractivity contribution in [3.8, 4) is 0 Å². The molecule has 0 saturated carbocycles. The van der Waals surface area contributed by atoms with E-state index in [0.717, 1.165) is 22.3 Å². The lowest BCUT2D eigenvalue weighted by Gasteiger charge is -2.20. The number of hydrogen-bond acceptors (Lipinski definition) is 5. The highest BCUT2D eigenvalue weighted by molar-refractivity contribution is 5.92. The summed E-state index contributed by atoms with van der Waals surface area (Å²) in [5, 5.41) is 9.59. The van der Waals surface area contributed by atoms with Gasteiger partial charge in [-0.15, -0.1) is 0 Å². The van der Waals surface area contributed by atoms with Crippen molar-refractivity contribution >= 4 is 33.7 Å². The number of carboxylic acid groups (broad SMARTS) is 1. The molecule has 0 bridgehead atoms. The highest BCUT2D eigenvalue weighted by Gasteiger charge is 2.13. The zero-order chi connectivity index (χ0) is 18.3. The van der Waals surface area contributed by atoms with Crippen LogP contribution >= 0.6 is 0 Å². The van der Waals surface area contributed by atoms with Crippen molar-refractivity contribution in [3.05, 3.63) is 70.3 Å². The van der Waals surface area contributed by atoms with Gasteiger partial charge in [-0.2, -0.15) is 0 Å². The molecule has 0 amide bonds. The molecule has 0 saturated heterocycles. The summed E-state index contributed by atoms with van der Waals surface area (Å²) in [5.41, 5.74) is 2.92. The van der Waals surface area contributed by atoms with Crippen LogP contribution in [-0.4, -0.2) is 28.1 Å². The standard InChI is InChI=1S/C19H15N3O4/c1-22(9-12-3-2-4-15-17(12)21-10-20-15)13-6-5-11-7-14(18(23)24)19(25)26-16(11)8-13/h2-8,10H,9H2,1H3,(H,20,21)(H,23,24). The lowest BCUT2D eigenvalue weighted by atomic mass is 10.1. The van der Waals surface area contributed by atoms with E-state index in [1.807, 2.05) is 36.2 Å². The van der Waals surface area contributed by atoms with Crippen molar-refractivity contribution in [2.45, 2.75) is 6.54 Å². The van der Waals surface area contributed by atoms with E-state index in [9.17, 15) is 9.59 Å². The number of hydrogen-bond donors (Lipinski definition) is 2. The first-order chi connectivity index (χ1) is 12.5. The third kappa shape index (κ3) is 2.69. The summed E-state index contributed by atoms with van der Waals surface area (Å²) >= 11 is 0. The zero-order valence-corrected chi connectivity index (χ0v) is 13.9. The molecule has 0 aliphatic heterocycles. The second-order valence-corrected chi connectivity index (χ2v) is 6.05. The molecule has 2 aromatic heterocycles. The van der Waals surface area contributed by atoms with Gasteiger partial charge >= 0.3 is 11.6 Å². The number of H-pyrrole nitrogens is 1. The Balaban J connectivity index is 1.69. The van der Waals surface area contributed by atoms with Gasteiger partial charge in [-0.05, 0) is 29.8 Å². The van der Waals surface area contributed by atoms with Crippen LogP contribution in [0.25, 0.3) is 22.0 Å². The Kier molecular flexibility index (Phi) is 3.69. The maximum Gasteiger partial charge on any atom is 0.351 e. The van der Waals surface area contributed by atoms with E-state index >= 15 is 0 Å². The Morgan fingerprint density at radius 1 is 1.27 bits per heavy atom. The Bertz CT molecular complexity index is 1190. The largest absolute Gasteiger partial charge is 0.477 e. The number of carboxylic acids is 1. The summed E-state index contributed by atoms with van der Waals surface area (Å²) in [7, 11) is 1.93. The maximum absolute atomic E-state index is 11.8. The van der Waals surface area contributed by atoms with E-state index in [0.29, 0.717) is 17.5 Å². The van der Waals surface area contributed by atoms with Gasteiger partial charge in [0.25, 0.3) is 0 Å². The predicted molar refractivity (Wildman–Crippen MR) is 97.6 cm³/mol. The van der Waals surface area contributed by atoms with E-state index in [1.54, 1.807) is 18.5 Å². The van der Waals surface area contributed by atoms with Crippen molar-refractivity contribution in [1.82, 2.24) is 9.97 Å². The van der Waals surface area contributed by atoms with Crippen LogP contribution in [0.4, 0.5) is 5.69 Å². The van der Waals surface area contributed by atoms with E-state index in [-0.39, 0.29) is 5.56 Å². The van der Waals surface area contributed by atoms with Crippen LogP contribution in [0.2, 0.25) is 0 Å². The summed E-state index contributed by atoms with van der Waals surface area (Å²) in [6.45, 7) is 0.616. The second kappa shape index (κ2) is 6.03. The summed E-state index contributed by atoms with van der Waals surface area (Å²) in [6.07, 6.45) is 1.67. The molecule has 26 heavy (non-hydrogen) atoms. The summed E-state index contributed by atoms with van der Waals surface area (Å²) < 4.78 is 5.17. The number of fused-ring (bicyclic) bond motifs is 2. The predicted octanol–water partition coefficient (Wildman–Crippen LogP) is 3.00. The molecule has 0 aliphatic rings. The highest BCUT2D eigenvalue weighted by atomic mass is 16.4. The number of aromatic nitrogens is 2. The van der Waals surface area contributed by atoms with Crippen LogP contribution in [0.3, 0.4) is 0 Å². The Morgan fingerprint density at radius 3 is 2.92 bits per heavy atom. The molecule has 7 nitrogen and oxygen atoms in total. The van der Waals surface area contributed by atoms with Gasteiger partial charge in [-0.25, -0.2) is 14.6 Å². The number of imidazole rings is 1. The Hall–Kier alpha value is -3.61. The average Bonchev–Trinajstić information content (AvgIpc) is 3.10. The smallest absolute Gasteiger partial charge is 0.351 e. The lowest BCUT2D eigenvalue weighted by molar-refractivity contribution is 0.0692.